The summed E-state index contributed by atoms with van der Waals surface area (Å²) in [5, 5.41) is 0. The molecule has 0 radical (unpaired) electrons. The third-order valence-corrected chi connectivity index (χ3v) is 3.14. The molecule has 1 heteroatoms. The van der Waals surface area contributed by atoms with Gasteiger partial charge in [0, 0.05) is 0 Å². The molecule has 0 amide bonds. The van der Waals surface area contributed by atoms with Crippen molar-refractivity contribution in [2.45, 2.75) is 32.1 Å². The molecule has 0 aliphatic heterocycles. The van der Waals surface area contributed by atoms with E-state index >= 15 is 0 Å². The van der Waals surface area contributed by atoms with E-state index in [0.717, 1.165) is 18.9 Å². The van der Waals surface area contributed by atoms with Gasteiger partial charge in [0.25, 0.3) is 0 Å². The topological polar surface area (TPSA) is 26.0 Å². The van der Waals surface area contributed by atoms with Crippen molar-refractivity contribution in [3.8, 4) is 0 Å². The van der Waals surface area contributed by atoms with Crippen LogP contribution in [0.2, 0.25) is 0 Å². The Hall–Kier alpha value is -0.820. The van der Waals surface area contributed by atoms with Crippen molar-refractivity contribution in [2.75, 3.05) is 6.54 Å². The normalized spacial score (nSPS) is 20.3. The molecule has 70 valence electrons. The minimum atomic E-state index is 0.736. The molecule has 0 aromatic heterocycles. The summed E-state index contributed by atoms with van der Waals surface area (Å²) in [5.74, 6) is 0.736. The number of nitrogens with two attached hydrogens (primary N) is 1. The first kappa shape index (κ1) is 8.76. The van der Waals surface area contributed by atoms with Gasteiger partial charge in [0.2, 0.25) is 0 Å². The Morgan fingerprint density at radius 3 is 3.08 bits per heavy atom. The highest BCUT2D eigenvalue weighted by Gasteiger charge is 2.22. The summed E-state index contributed by atoms with van der Waals surface area (Å²) < 4.78 is 0. The maximum Gasteiger partial charge on any atom is -0.00714 e. The molecule has 0 heterocycles. The van der Waals surface area contributed by atoms with E-state index in [1.54, 1.807) is 11.1 Å². The SMILES string of the molecule is Cc1cccc2c1CCC2CCN. The summed E-state index contributed by atoms with van der Waals surface area (Å²) in [6, 6.07) is 6.66. The Morgan fingerprint density at radius 1 is 1.46 bits per heavy atom. The molecular formula is C12H17N. The molecule has 1 aromatic rings. The Bertz CT molecular complexity index is 304. The van der Waals surface area contributed by atoms with E-state index in [1.165, 1.54) is 18.4 Å². The van der Waals surface area contributed by atoms with Gasteiger partial charge in [-0.2, -0.15) is 0 Å². The predicted molar refractivity (Wildman–Crippen MR) is 55.9 cm³/mol. The highest BCUT2D eigenvalue weighted by Crippen LogP contribution is 2.36. The maximum absolute atomic E-state index is 5.60. The molecule has 1 unspecified atom stereocenters. The Morgan fingerprint density at radius 2 is 2.31 bits per heavy atom. The molecule has 1 aromatic carbocycles. The average Bonchev–Trinajstić information content (AvgIpc) is 2.51. The van der Waals surface area contributed by atoms with Gasteiger partial charge < -0.3 is 5.73 Å². The number of hydrogen-bond acceptors (Lipinski definition) is 1. The molecular weight excluding hydrogens is 158 g/mol. The third-order valence-electron chi connectivity index (χ3n) is 3.14. The van der Waals surface area contributed by atoms with Gasteiger partial charge in [0.1, 0.15) is 0 Å². The van der Waals surface area contributed by atoms with Crippen molar-refractivity contribution in [3.63, 3.8) is 0 Å². The lowest BCUT2D eigenvalue weighted by atomic mass is 9.96. The quantitative estimate of drug-likeness (QED) is 0.733. The fourth-order valence-electron chi connectivity index (χ4n) is 2.42. The van der Waals surface area contributed by atoms with Crippen molar-refractivity contribution in [1.82, 2.24) is 0 Å². The first-order valence-electron chi connectivity index (χ1n) is 5.11. The molecule has 0 saturated heterocycles. The van der Waals surface area contributed by atoms with Crippen LogP contribution in [0.15, 0.2) is 18.2 Å². The van der Waals surface area contributed by atoms with Crippen LogP contribution in [0.1, 0.15) is 35.4 Å². The van der Waals surface area contributed by atoms with Gasteiger partial charge in [-0.05, 0) is 55.3 Å². The van der Waals surface area contributed by atoms with Crippen molar-refractivity contribution in [1.29, 1.82) is 0 Å². The van der Waals surface area contributed by atoms with Crippen LogP contribution in [-0.2, 0) is 6.42 Å². The predicted octanol–water partition coefficient (Wildman–Crippen LogP) is 2.37. The minimum absolute atomic E-state index is 0.736. The van der Waals surface area contributed by atoms with Crippen molar-refractivity contribution >= 4 is 0 Å². The van der Waals surface area contributed by atoms with Gasteiger partial charge in [0.15, 0.2) is 0 Å². The summed E-state index contributed by atoms with van der Waals surface area (Å²) >= 11 is 0. The molecule has 1 atom stereocenters. The summed E-state index contributed by atoms with van der Waals surface area (Å²) in [4.78, 5) is 0. The van der Waals surface area contributed by atoms with Gasteiger partial charge >= 0.3 is 0 Å². The molecule has 1 aliphatic rings. The zero-order valence-corrected chi connectivity index (χ0v) is 8.22. The Labute approximate surface area is 80.0 Å². The number of fused-ring (bicyclic) bond motifs is 1. The zero-order chi connectivity index (χ0) is 9.26. The monoisotopic (exact) mass is 175 g/mol. The van der Waals surface area contributed by atoms with E-state index < -0.39 is 0 Å². The first-order valence-corrected chi connectivity index (χ1v) is 5.11. The average molecular weight is 175 g/mol. The number of hydrogen-bond donors (Lipinski definition) is 1. The van der Waals surface area contributed by atoms with E-state index in [-0.39, 0.29) is 0 Å². The number of aryl methyl sites for hydroxylation is 1. The largest absolute Gasteiger partial charge is 0.330 e. The third kappa shape index (κ3) is 1.49. The maximum atomic E-state index is 5.60. The van der Waals surface area contributed by atoms with Crippen molar-refractivity contribution < 1.29 is 0 Å². The van der Waals surface area contributed by atoms with Crippen molar-refractivity contribution in [2.24, 2.45) is 5.73 Å². The summed E-state index contributed by atoms with van der Waals surface area (Å²) in [6.45, 7) is 3.03. The van der Waals surface area contributed by atoms with E-state index in [1.807, 2.05) is 0 Å². The van der Waals surface area contributed by atoms with Crippen LogP contribution in [0.4, 0.5) is 0 Å². The molecule has 1 aliphatic carbocycles. The highest BCUT2D eigenvalue weighted by molar-refractivity contribution is 5.40. The number of rotatable bonds is 2. The zero-order valence-electron chi connectivity index (χ0n) is 8.22. The van der Waals surface area contributed by atoms with E-state index in [9.17, 15) is 0 Å². The fourth-order valence-corrected chi connectivity index (χ4v) is 2.42. The van der Waals surface area contributed by atoms with Crippen LogP contribution in [0, 0.1) is 6.92 Å². The van der Waals surface area contributed by atoms with Crippen molar-refractivity contribution in [3.05, 3.63) is 34.9 Å². The van der Waals surface area contributed by atoms with E-state index in [2.05, 4.69) is 25.1 Å². The molecule has 0 fully saturated rings. The van der Waals surface area contributed by atoms with Crippen LogP contribution in [-0.4, -0.2) is 6.54 Å². The number of benzene rings is 1. The van der Waals surface area contributed by atoms with Gasteiger partial charge in [-0.25, -0.2) is 0 Å². The van der Waals surface area contributed by atoms with Gasteiger partial charge in [0.05, 0.1) is 0 Å². The van der Waals surface area contributed by atoms with E-state index in [4.69, 9.17) is 5.73 Å². The van der Waals surface area contributed by atoms with Crippen LogP contribution in [0.25, 0.3) is 0 Å². The van der Waals surface area contributed by atoms with Gasteiger partial charge in [-0.1, -0.05) is 18.2 Å². The van der Waals surface area contributed by atoms with Crippen LogP contribution < -0.4 is 5.73 Å². The Kier molecular flexibility index (Phi) is 2.36. The van der Waals surface area contributed by atoms with E-state index in [0.29, 0.717) is 0 Å². The van der Waals surface area contributed by atoms with Crippen LogP contribution in [0.5, 0.6) is 0 Å². The second kappa shape index (κ2) is 3.51. The molecule has 0 saturated carbocycles. The molecule has 2 rings (SSSR count). The second-order valence-corrected chi connectivity index (χ2v) is 3.96. The van der Waals surface area contributed by atoms with Crippen LogP contribution in [0.3, 0.4) is 0 Å². The minimum Gasteiger partial charge on any atom is -0.330 e. The summed E-state index contributed by atoms with van der Waals surface area (Å²) in [5.41, 5.74) is 10.2. The lowest BCUT2D eigenvalue weighted by molar-refractivity contribution is 0.627. The second-order valence-electron chi connectivity index (χ2n) is 3.96. The molecule has 0 spiro atoms. The molecule has 0 bridgehead atoms. The smallest absolute Gasteiger partial charge is 0.00714 e. The molecule has 1 nitrogen and oxygen atoms in total. The van der Waals surface area contributed by atoms with Gasteiger partial charge in [-0.3, -0.25) is 0 Å². The van der Waals surface area contributed by atoms with Crippen LogP contribution >= 0.6 is 0 Å². The highest BCUT2D eigenvalue weighted by atomic mass is 14.5. The Balaban J connectivity index is 2.32. The lowest BCUT2D eigenvalue weighted by Crippen LogP contribution is -2.04. The molecule has 13 heavy (non-hydrogen) atoms. The lowest BCUT2D eigenvalue weighted by Gasteiger charge is -2.10. The first-order chi connectivity index (χ1) is 6.33. The fraction of sp³-hybridized carbons (Fsp3) is 0.500. The summed E-state index contributed by atoms with van der Waals surface area (Å²) in [6.07, 6.45) is 3.71. The molecule has 2 N–H and O–H groups in total. The summed E-state index contributed by atoms with van der Waals surface area (Å²) in [7, 11) is 0. The standard InChI is InChI=1S/C12H17N/c1-9-3-2-4-12-10(7-8-13)5-6-11(9)12/h2-4,10H,5-8,13H2,1H3. The van der Waals surface area contributed by atoms with Gasteiger partial charge in [-0.15, -0.1) is 0 Å².